The molecule has 3 unspecified atom stereocenters. The third-order valence-electron chi connectivity index (χ3n) is 5.08. The van der Waals surface area contributed by atoms with Gasteiger partial charge in [-0.25, -0.2) is 8.42 Å². The number of nitrogens with one attached hydrogen (secondary N) is 2. The summed E-state index contributed by atoms with van der Waals surface area (Å²) < 4.78 is 28.7. The first kappa shape index (κ1) is 20.6. The van der Waals surface area contributed by atoms with Crippen LogP contribution in [0.25, 0.3) is 0 Å². The molecule has 0 bridgehead atoms. The van der Waals surface area contributed by atoms with Gasteiger partial charge < -0.3 is 20.3 Å². The number of hydrogen-bond donors (Lipinski definition) is 2. The number of β-lactam (4-membered cyclic amide) rings is 1. The number of rotatable bonds is 7. The number of methoxy groups -OCH3 is 1. The largest absolute Gasteiger partial charge is 0.383 e. The number of amides is 3. The average Bonchev–Trinajstić information content (AvgIpc) is 2.66. The summed E-state index contributed by atoms with van der Waals surface area (Å²) in [7, 11) is -2.15. The Morgan fingerprint density at radius 1 is 1.35 bits per heavy atom. The molecule has 9 nitrogen and oxygen atoms in total. The van der Waals surface area contributed by atoms with Crippen LogP contribution in [0.2, 0.25) is 0 Å². The van der Waals surface area contributed by atoms with Crippen LogP contribution in [-0.2, 0) is 29.0 Å². The molecule has 3 atom stereocenters. The fraction of sp³-hybridized carbons (Fsp3) is 0.812. The van der Waals surface area contributed by atoms with Crippen LogP contribution in [0.5, 0.6) is 0 Å². The zero-order valence-corrected chi connectivity index (χ0v) is 16.6. The maximum Gasteiger partial charge on any atom is 0.245 e. The van der Waals surface area contributed by atoms with Crippen molar-refractivity contribution in [2.45, 2.75) is 56.3 Å². The Morgan fingerprint density at radius 2 is 1.96 bits per heavy atom. The second-order valence-corrected chi connectivity index (χ2v) is 10.2. The highest BCUT2D eigenvalue weighted by Crippen LogP contribution is 2.45. The van der Waals surface area contributed by atoms with E-state index in [0.29, 0.717) is 13.2 Å². The summed E-state index contributed by atoms with van der Waals surface area (Å²) in [6, 6.07) is -1.99. The highest BCUT2D eigenvalue weighted by Gasteiger charge is 2.67. The Balaban J connectivity index is 2.18. The van der Waals surface area contributed by atoms with E-state index >= 15 is 0 Å². The van der Waals surface area contributed by atoms with Gasteiger partial charge in [0.05, 0.1) is 17.8 Å². The Bertz CT molecular complexity index is 703. The number of sulfone groups is 1. The number of carbonyl (C=O) groups is 3. The highest BCUT2D eigenvalue weighted by molar-refractivity contribution is 7.93. The first-order valence-electron chi connectivity index (χ1n) is 8.58. The number of ether oxygens (including phenoxy) is 1. The lowest BCUT2D eigenvalue weighted by Gasteiger charge is -2.37. The van der Waals surface area contributed by atoms with Gasteiger partial charge >= 0.3 is 0 Å². The van der Waals surface area contributed by atoms with Gasteiger partial charge in [-0.3, -0.25) is 14.4 Å². The van der Waals surface area contributed by atoms with Crippen LogP contribution in [-0.4, -0.2) is 73.5 Å². The molecule has 0 spiro atoms. The molecule has 0 aliphatic carbocycles. The van der Waals surface area contributed by atoms with Crippen LogP contribution >= 0.6 is 0 Å². The third-order valence-corrected chi connectivity index (χ3v) is 7.88. The third kappa shape index (κ3) is 3.20. The molecule has 0 aromatic rings. The molecule has 2 aliphatic heterocycles. The average molecular weight is 389 g/mol. The van der Waals surface area contributed by atoms with Crippen LogP contribution in [0.1, 0.15) is 34.1 Å². The molecule has 0 saturated carbocycles. The van der Waals surface area contributed by atoms with Crippen molar-refractivity contribution in [1.82, 2.24) is 15.5 Å². The lowest BCUT2D eigenvalue weighted by molar-refractivity contribution is -0.150. The van der Waals surface area contributed by atoms with Gasteiger partial charge in [0.25, 0.3) is 0 Å². The zero-order chi connectivity index (χ0) is 19.9. The van der Waals surface area contributed by atoms with Crippen molar-refractivity contribution in [3.63, 3.8) is 0 Å². The van der Waals surface area contributed by atoms with Crippen molar-refractivity contribution >= 4 is 27.6 Å². The number of hydrogen-bond acceptors (Lipinski definition) is 6. The molecule has 10 heteroatoms. The molecule has 0 aromatic carbocycles. The quantitative estimate of drug-likeness (QED) is 0.426. The molecule has 2 aliphatic rings. The van der Waals surface area contributed by atoms with E-state index < -0.39 is 37.9 Å². The molecule has 3 amide bonds. The van der Waals surface area contributed by atoms with E-state index in [-0.39, 0.29) is 24.2 Å². The minimum Gasteiger partial charge on any atom is -0.383 e. The predicted octanol–water partition coefficient (Wildman–Crippen LogP) is -0.976. The van der Waals surface area contributed by atoms with Gasteiger partial charge in [0.15, 0.2) is 9.84 Å². The Hall–Kier alpha value is -1.68. The summed E-state index contributed by atoms with van der Waals surface area (Å²) in [6.45, 7) is 7.07. The Labute approximate surface area is 153 Å². The maximum absolute atomic E-state index is 12.9. The summed E-state index contributed by atoms with van der Waals surface area (Å²) >= 11 is 0. The summed E-state index contributed by atoms with van der Waals surface area (Å²) in [4.78, 5) is 38.3. The second-order valence-electron chi connectivity index (χ2n) is 7.52. The summed E-state index contributed by atoms with van der Waals surface area (Å²) in [5.74, 6) is -1.59. The second kappa shape index (κ2) is 7.15. The summed E-state index contributed by atoms with van der Waals surface area (Å²) in [5.41, 5.74) is 0. The van der Waals surface area contributed by atoms with Gasteiger partial charge in [-0.1, -0.05) is 13.8 Å². The molecule has 2 rings (SSSR count). The number of nitrogens with zero attached hydrogens (tertiary/aromatic N) is 1. The van der Waals surface area contributed by atoms with E-state index in [9.17, 15) is 22.8 Å². The molecular weight excluding hydrogens is 362 g/mol. The Morgan fingerprint density at radius 3 is 2.46 bits per heavy atom. The molecule has 0 radical (unpaired) electrons. The fourth-order valence-corrected chi connectivity index (χ4v) is 5.54. The first-order valence-corrected chi connectivity index (χ1v) is 10.1. The number of carbonyl (C=O) groups excluding carboxylic acids is 3. The van der Waals surface area contributed by atoms with Crippen molar-refractivity contribution < 1.29 is 27.5 Å². The molecule has 26 heavy (non-hydrogen) atoms. The normalized spacial score (nSPS) is 26.8. The van der Waals surface area contributed by atoms with E-state index in [1.807, 2.05) is 0 Å². The van der Waals surface area contributed by atoms with Crippen molar-refractivity contribution in [1.29, 1.82) is 0 Å². The fourth-order valence-electron chi connectivity index (χ4n) is 3.41. The van der Waals surface area contributed by atoms with Crippen LogP contribution in [0, 0.1) is 5.92 Å². The van der Waals surface area contributed by atoms with Crippen molar-refractivity contribution in [2.75, 3.05) is 20.3 Å². The van der Waals surface area contributed by atoms with E-state index in [0.717, 1.165) is 4.90 Å². The SMILES string of the molecule is COCCNC(=O)C(NC(=O)C1N2C(=O)CC2S(=O)(=O)C1(C)C)C(C)C. The molecule has 0 aromatic heterocycles. The van der Waals surface area contributed by atoms with Gasteiger partial charge in [-0.2, -0.15) is 0 Å². The topological polar surface area (TPSA) is 122 Å². The van der Waals surface area contributed by atoms with Crippen LogP contribution in [0.3, 0.4) is 0 Å². The minimum absolute atomic E-state index is 0.0966. The van der Waals surface area contributed by atoms with Crippen molar-refractivity contribution in [3.05, 3.63) is 0 Å². The zero-order valence-electron chi connectivity index (χ0n) is 15.7. The van der Waals surface area contributed by atoms with E-state index in [4.69, 9.17) is 4.74 Å². The smallest absolute Gasteiger partial charge is 0.245 e. The molecule has 148 valence electrons. The monoisotopic (exact) mass is 389 g/mol. The maximum atomic E-state index is 12.9. The van der Waals surface area contributed by atoms with Crippen LogP contribution in [0.15, 0.2) is 0 Å². The predicted molar refractivity (Wildman–Crippen MR) is 93.7 cm³/mol. The van der Waals surface area contributed by atoms with Crippen LogP contribution in [0.4, 0.5) is 0 Å². The first-order chi connectivity index (χ1) is 12.0. The molecule has 2 saturated heterocycles. The van der Waals surface area contributed by atoms with E-state index in [2.05, 4.69) is 10.6 Å². The van der Waals surface area contributed by atoms with Gasteiger partial charge in [0.2, 0.25) is 17.7 Å². The van der Waals surface area contributed by atoms with Gasteiger partial charge in [-0.05, 0) is 19.8 Å². The molecule has 2 fully saturated rings. The molecule has 2 N–H and O–H groups in total. The van der Waals surface area contributed by atoms with Crippen molar-refractivity contribution in [2.24, 2.45) is 5.92 Å². The van der Waals surface area contributed by atoms with E-state index in [1.54, 1.807) is 13.8 Å². The lowest BCUT2D eigenvalue weighted by atomic mass is 9.95. The van der Waals surface area contributed by atoms with Crippen molar-refractivity contribution in [3.8, 4) is 0 Å². The standard InChI is InChI=1S/C16H27N3O6S/c1-9(2)12(14(21)17-6-7-25-5)18-15(22)13-16(3,4)26(23,24)11-8-10(20)19(11)13/h9,11-13H,6-8H2,1-5H3,(H,17,21)(H,18,22). The highest BCUT2D eigenvalue weighted by atomic mass is 32.2. The van der Waals surface area contributed by atoms with Crippen LogP contribution < -0.4 is 10.6 Å². The van der Waals surface area contributed by atoms with Gasteiger partial charge in [-0.15, -0.1) is 0 Å². The summed E-state index contributed by atoms with van der Waals surface area (Å²) in [5, 5.41) is 4.35. The Kier molecular flexibility index (Phi) is 5.67. The number of fused-ring (bicyclic) bond motifs is 1. The minimum atomic E-state index is -3.66. The molecular formula is C16H27N3O6S. The van der Waals surface area contributed by atoms with E-state index in [1.165, 1.54) is 21.0 Å². The lowest BCUT2D eigenvalue weighted by Crippen LogP contribution is -2.62. The molecule has 2 heterocycles. The van der Waals surface area contributed by atoms with Gasteiger partial charge in [0, 0.05) is 13.7 Å². The van der Waals surface area contributed by atoms with Gasteiger partial charge in [0.1, 0.15) is 17.5 Å². The summed E-state index contributed by atoms with van der Waals surface area (Å²) in [6.07, 6.45) is -0.0966.